The van der Waals surface area contributed by atoms with Crippen molar-refractivity contribution in [2.45, 2.75) is 18.9 Å². The van der Waals surface area contributed by atoms with Gasteiger partial charge < -0.3 is 4.90 Å². The van der Waals surface area contributed by atoms with Crippen LogP contribution in [-0.4, -0.2) is 49.6 Å². The molecule has 1 aromatic carbocycles. The SMILES string of the molecule is CN1CCC(N(C)C/C(Br)=C/c2ccccc2)CC1. The van der Waals surface area contributed by atoms with Crippen molar-refractivity contribution in [2.24, 2.45) is 0 Å². The molecule has 1 fully saturated rings. The molecule has 0 radical (unpaired) electrons. The number of hydrogen-bond acceptors (Lipinski definition) is 2. The molecule has 0 aliphatic carbocycles. The van der Waals surface area contributed by atoms with E-state index in [-0.39, 0.29) is 0 Å². The molecule has 0 saturated carbocycles. The Morgan fingerprint density at radius 3 is 2.58 bits per heavy atom. The Labute approximate surface area is 125 Å². The first-order valence-electron chi connectivity index (χ1n) is 6.95. The standard InChI is InChI=1S/C16H23BrN2/c1-18-10-8-16(9-11-18)19(2)13-15(17)12-14-6-4-3-5-7-14/h3-7,12,16H,8-11,13H2,1-2H3/b15-12-. The monoisotopic (exact) mass is 322 g/mol. The van der Waals surface area contributed by atoms with Gasteiger partial charge >= 0.3 is 0 Å². The van der Waals surface area contributed by atoms with Gasteiger partial charge in [-0.3, -0.25) is 4.90 Å². The molecular formula is C16H23BrN2. The van der Waals surface area contributed by atoms with Crippen LogP contribution in [0.25, 0.3) is 6.08 Å². The molecule has 0 atom stereocenters. The van der Waals surface area contributed by atoms with Crippen molar-refractivity contribution in [3.63, 3.8) is 0 Å². The predicted molar refractivity (Wildman–Crippen MR) is 86.5 cm³/mol. The maximum absolute atomic E-state index is 3.70. The van der Waals surface area contributed by atoms with Gasteiger partial charge in [-0.1, -0.05) is 46.3 Å². The van der Waals surface area contributed by atoms with Crippen LogP contribution in [0, 0.1) is 0 Å². The summed E-state index contributed by atoms with van der Waals surface area (Å²) < 4.78 is 1.25. The summed E-state index contributed by atoms with van der Waals surface area (Å²) in [4.78, 5) is 4.88. The van der Waals surface area contributed by atoms with E-state index in [2.05, 4.69) is 76.2 Å². The van der Waals surface area contributed by atoms with Crippen molar-refractivity contribution in [1.29, 1.82) is 0 Å². The predicted octanol–water partition coefficient (Wildman–Crippen LogP) is 3.45. The Morgan fingerprint density at radius 1 is 1.32 bits per heavy atom. The summed E-state index contributed by atoms with van der Waals surface area (Å²) in [5.41, 5.74) is 1.26. The zero-order valence-electron chi connectivity index (χ0n) is 11.8. The number of nitrogens with zero attached hydrogens (tertiary/aromatic N) is 2. The van der Waals surface area contributed by atoms with Crippen LogP contribution in [-0.2, 0) is 0 Å². The van der Waals surface area contributed by atoms with Crippen LogP contribution in [0.4, 0.5) is 0 Å². The molecule has 0 unspecified atom stereocenters. The van der Waals surface area contributed by atoms with Gasteiger partial charge in [0.2, 0.25) is 0 Å². The van der Waals surface area contributed by atoms with E-state index in [1.807, 2.05) is 0 Å². The average Bonchev–Trinajstić information content (AvgIpc) is 2.40. The fourth-order valence-corrected chi connectivity index (χ4v) is 3.24. The molecular weight excluding hydrogens is 300 g/mol. The Bertz CT molecular complexity index is 408. The molecule has 0 aromatic heterocycles. The van der Waals surface area contributed by atoms with Crippen LogP contribution in [0.2, 0.25) is 0 Å². The normalized spacial score (nSPS) is 19.1. The van der Waals surface area contributed by atoms with Gasteiger partial charge in [0.1, 0.15) is 0 Å². The average molecular weight is 323 g/mol. The van der Waals surface area contributed by atoms with Crippen molar-refractivity contribution in [1.82, 2.24) is 9.80 Å². The molecule has 0 amide bonds. The second kappa shape index (κ2) is 7.22. The number of likely N-dealkylation sites (N-methyl/N-ethyl adjacent to an activating group) is 1. The second-order valence-electron chi connectivity index (χ2n) is 5.45. The van der Waals surface area contributed by atoms with Gasteiger partial charge in [0.05, 0.1) is 0 Å². The van der Waals surface area contributed by atoms with E-state index >= 15 is 0 Å². The van der Waals surface area contributed by atoms with Crippen LogP contribution >= 0.6 is 15.9 Å². The van der Waals surface area contributed by atoms with Crippen molar-refractivity contribution >= 4 is 22.0 Å². The Kier molecular flexibility index (Phi) is 5.61. The molecule has 3 heteroatoms. The van der Waals surface area contributed by atoms with Gasteiger partial charge in [-0.2, -0.15) is 0 Å². The van der Waals surface area contributed by atoms with Crippen molar-refractivity contribution in [3.05, 3.63) is 40.4 Å². The Hall–Kier alpha value is -0.640. The molecule has 0 N–H and O–H groups in total. The minimum absolute atomic E-state index is 0.716. The molecule has 1 aliphatic heterocycles. The van der Waals surface area contributed by atoms with Gasteiger partial charge in [0, 0.05) is 17.1 Å². The second-order valence-corrected chi connectivity index (χ2v) is 6.47. The van der Waals surface area contributed by atoms with Gasteiger partial charge in [-0.25, -0.2) is 0 Å². The highest BCUT2D eigenvalue weighted by atomic mass is 79.9. The van der Waals surface area contributed by atoms with Gasteiger partial charge in [0.15, 0.2) is 0 Å². The summed E-state index contributed by atoms with van der Waals surface area (Å²) >= 11 is 3.70. The summed E-state index contributed by atoms with van der Waals surface area (Å²) in [6.45, 7) is 3.42. The van der Waals surface area contributed by atoms with Gasteiger partial charge in [0.25, 0.3) is 0 Å². The lowest BCUT2D eigenvalue weighted by atomic mass is 10.0. The van der Waals surface area contributed by atoms with Crippen molar-refractivity contribution in [2.75, 3.05) is 33.7 Å². The summed E-state index contributed by atoms with van der Waals surface area (Å²) in [7, 11) is 4.44. The van der Waals surface area contributed by atoms with Crippen LogP contribution in [0.3, 0.4) is 0 Å². The first kappa shape index (κ1) is 14.8. The number of benzene rings is 1. The largest absolute Gasteiger partial charge is 0.306 e. The van der Waals surface area contributed by atoms with E-state index < -0.39 is 0 Å². The fourth-order valence-electron chi connectivity index (χ4n) is 2.58. The highest BCUT2D eigenvalue weighted by Crippen LogP contribution is 2.18. The third-order valence-electron chi connectivity index (χ3n) is 3.83. The van der Waals surface area contributed by atoms with E-state index in [4.69, 9.17) is 0 Å². The fraction of sp³-hybridized carbons (Fsp3) is 0.500. The van der Waals surface area contributed by atoms with E-state index in [1.54, 1.807) is 0 Å². The first-order chi connectivity index (χ1) is 9.15. The molecule has 19 heavy (non-hydrogen) atoms. The lowest BCUT2D eigenvalue weighted by molar-refractivity contribution is 0.154. The van der Waals surface area contributed by atoms with E-state index in [1.165, 1.54) is 36.0 Å². The minimum Gasteiger partial charge on any atom is -0.306 e. The lowest BCUT2D eigenvalue weighted by Crippen LogP contribution is -2.42. The summed E-state index contributed by atoms with van der Waals surface area (Å²) in [5, 5.41) is 0. The number of likely N-dealkylation sites (tertiary alicyclic amines) is 1. The highest BCUT2D eigenvalue weighted by Gasteiger charge is 2.20. The smallest absolute Gasteiger partial charge is 0.0299 e. The van der Waals surface area contributed by atoms with Crippen LogP contribution in [0.15, 0.2) is 34.8 Å². The zero-order chi connectivity index (χ0) is 13.7. The molecule has 0 spiro atoms. The molecule has 1 heterocycles. The zero-order valence-corrected chi connectivity index (χ0v) is 13.4. The number of hydrogen-bond donors (Lipinski definition) is 0. The molecule has 104 valence electrons. The summed E-state index contributed by atoms with van der Waals surface area (Å²) in [6, 6.07) is 11.2. The lowest BCUT2D eigenvalue weighted by Gasteiger charge is -2.35. The van der Waals surface area contributed by atoms with E-state index in [0.717, 1.165) is 6.54 Å². The number of piperidine rings is 1. The van der Waals surface area contributed by atoms with Crippen LogP contribution in [0.1, 0.15) is 18.4 Å². The maximum Gasteiger partial charge on any atom is 0.0299 e. The van der Waals surface area contributed by atoms with Crippen molar-refractivity contribution in [3.8, 4) is 0 Å². The highest BCUT2D eigenvalue weighted by molar-refractivity contribution is 9.11. The molecule has 1 aromatic rings. The van der Waals surface area contributed by atoms with Crippen LogP contribution < -0.4 is 0 Å². The van der Waals surface area contributed by atoms with Crippen LogP contribution in [0.5, 0.6) is 0 Å². The third-order valence-corrected chi connectivity index (χ3v) is 4.31. The quantitative estimate of drug-likeness (QED) is 0.837. The minimum atomic E-state index is 0.716. The molecule has 1 aliphatic rings. The maximum atomic E-state index is 3.70. The number of rotatable bonds is 4. The third kappa shape index (κ3) is 4.75. The Morgan fingerprint density at radius 2 is 1.95 bits per heavy atom. The summed E-state index contributed by atoms with van der Waals surface area (Å²) in [6.07, 6.45) is 4.77. The Balaban J connectivity index is 1.88. The molecule has 1 saturated heterocycles. The van der Waals surface area contributed by atoms with E-state index in [0.29, 0.717) is 6.04 Å². The topological polar surface area (TPSA) is 6.48 Å². The number of halogens is 1. The van der Waals surface area contributed by atoms with Crippen molar-refractivity contribution < 1.29 is 0 Å². The summed E-state index contributed by atoms with van der Waals surface area (Å²) in [5.74, 6) is 0. The molecule has 2 nitrogen and oxygen atoms in total. The first-order valence-corrected chi connectivity index (χ1v) is 7.74. The van der Waals surface area contributed by atoms with Gasteiger partial charge in [-0.15, -0.1) is 0 Å². The molecule has 0 bridgehead atoms. The molecule has 2 rings (SSSR count). The van der Waals surface area contributed by atoms with Gasteiger partial charge in [-0.05, 0) is 51.7 Å². The van der Waals surface area contributed by atoms with E-state index in [9.17, 15) is 0 Å².